The van der Waals surface area contributed by atoms with Crippen LogP contribution in [-0.4, -0.2) is 44.9 Å². The summed E-state index contributed by atoms with van der Waals surface area (Å²) in [6.45, 7) is 4.22. The van der Waals surface area contributed by atoms with E-state index in [1.165, 1.54) is 0 Å². The predicted molar refractivity (Wildman–Crippen MR) is 82.8 cm³/mol. The predicted octanol–water partition coefficient (Wildman–Crippen LogP) is 1.25. The molecule has 3 heterocycles. The fourth-order valence-corrected chi connectivity index (χ4v) is 2.70. The molecule has 1 atom stereocenters. The van der Waals surface area contributed by atoms with Crippen molar-refractivity contribution in [2.24, 2.45) is 0 Å². The monoisotopic (exact) mass is 297 g/mol. The van der Waals surface area contributed by atoms with E-state index < -0.39 is 0 Å². The van der Waals surface area contributed by atoms with Gasteiger partial charge in [-0.3, -0.25) is 14.7 Å². The minimum atomic E-state index is 0.0369. The zero-order valence-electron chi connectivity index (χ0n) is 12.6. The van der Waals surface area contributed by atoms with Crippen LogP contribution < -0.4 is 5.32 Å². The van der Waals surface area contributed by atoms with Crippen LogP contribution in [0.3, 0.4) is 0 Å². The second kappa shape index (κ2) is 6.62. The summed E-state index contributed by atoms with van der Waals surface area (Å²) in [5.74, 6) is 0.678. The molecule has 1 aliphatic heterocycles. The summed E-state index contributed by atoms with van der Waals surface area (Å²) in [6, 6.07) is 5.95. The molecule has 114 valence electrons. The highest BCUT2D eigenvalue weighted by molar-refractivity contribution is 5.73. The minimum Gasteiger partial charge on any atom is -0.352 e. The van der Waals surface area contributed by atoms with Gasteiger partial charge in [-0.15, -0.1) is 0 Å². The lowest BCUT2D eigenvalue weighted by molar-refractivity contribution is -0.119. The van der Waals surface area contributed by atoms with E-state index >= 15 is 0 Å². The maximum atomic E-state index is 11.1. The fraction of sp³-hybridized carbons (Fsp3) is 0.375. The first-order valence-electron chi connectivity index (χ1n) is 7.42. The van der Waals surface area contributed by atoms with Gasteiger partial charge in [0.05, 0.1) is 0 Å². The van der Waals surface area contributed by atoms with Crippen molar-refractivity contribution in [3.05, 3.63) is 42.4 Å². The Morgan fingerprint density at radius 2 is 2.14 bits per heavy atom. The van der Waals surface area contributed by atoms with Crippen molar-refractivity contribution in [2.75, 3.05) is 13.1 Å². The summed E-state index contributed by atoms with van der Waals surface area (Å²) in [5, 5.41) is 2.97. The number of nitrogens with one attached hydrogen (secondary N) is 1. The van der Waals surface area contributed by atoms with E-state index in [0.29, 0.717) is 5.82 Å². The molecular weight excluding hydrogens is 278 g/mol. The van der Waals surface area contributed by atoms with Gasteiger partial charge in [-0.05, 0) is 18.6 Å². The minimum absolute atomic E-state index is 0.0369. The molecule has 1 saturated heterocycles. The van der Waals surface area contributed by atoms with Gasteiger partial charge in [-0.1, -0.05) is 6.07 Å². The molecule has 0 radical (unpaired) electrons. The number of amides is 1. The van der Waals surface area contributed by atoms with Crippen molar-refractivity contribution in [2.45, 2.75) is 25.9 Å². The molecule has 1 aliphatic rings. The van der Waals surface area contributed by atoms with Crippen LogP contribution in [0.15, 0.2) is 36.8 Å². The number of aromatic nitrogens is 3. The molecule has 0 unspecified atom stereocenters. The molecule has 2 aromatic rings. The lowest BCUT2D eigenvalue weighted by Gasteiger charge is -2.16. The van der Waals surface area contributed by atoms with Crippen molar-refractivity contribution >= 4 is 5.91 Å². The van der Waals surface area contributed by atoms with Crippen LogP contribution in [0.1, 0.15) is 18.9 Å². The third-order valence-electron chi connectivity index (χ3n) is 3.69. The van der Waals surface area contributed by atoms with Gasteiger partial charge in [0.2, 0.25) is 5.91 Å². The molecular formula is C16H19N5O. The molecule has 2 aromatic heterocycles. The summed E-state index contributed by atoms with van der Waals surface area (Å²) < 4.78 is 0. The van der Waals surface area contributed by atoms with Gasteiger partial charge in [-0.25, -0.2) is 9.97 Å². The van der Waals surface area contributed by atoms with E-state index in [1.54, 1.807) is 13.1 Å². The highest BCUT2D eigenvalue weighted by Gasteiger charge is 2.22. The van der Waals surface area contributed by atoms with Gasteiger partial charge in [0.1, 0.15) is 5.69 Å². The molecule has 6 nitrogen and oxygen atoms in total. The standard InChI is InChI=1S/C16H19N5O/c1-12(22)20-14-5-7-21(11-14)10-13-8-18-16(19-9-13)15-4-2-3-6-17-15/h2-4,6,8-9,14H,5,7,10-11H2,1H3,(H,20,22)/t14-/m0/s1. The average molecular weight is 297 g/mol. The Kier molecular flexibility index (Phi) is 4.39. The molecule has 1 fully saturated rings. The van der Waals surface area contributed by atoms with Crippen LogP contribution in [0.4, 0.5) is 0 Å². The van der Waals surface area contributed by atoms with Gasteiger partial charge < -0.3 is 5.32 Å². The Balaban J connectivity index is 1.59. The van der Waals surface area contributed by atoms with Crippen LogP contribution >= 0.6 is 0 Å². The summed E-state index contributed by atoms with van der Waals surface area (Å²) in [7, 11) is 0. The smallest absolute Gasteiger partial charge is 0.217 e. The molecule has 6 heteroatoms. The molecule has 1 N–H and O–H groups in total. The maximum Gasteiger partial charge on any atom is 0.217 e. The Bertz CT molecular complexity index is 629. The SMILES string of the molecule is CC(=O)N[C@H]1CCN(Cc2cnc(-c3ccccn3)nc2)C1. The van der Waals surface area contributed by atoms with Crippen LogP contribution in [0, 0.1) is 0 Å². The van der Waals surface area contributed by atoms with Gasteiger partial charge in [0.15, 0.2) is 5.82 Å². The van der Waals surface area contributed by atoms with Gasteiger partial charge in [0, 0.05) is 56.8 Å². The molecule has 3 rings (SSSR count). The van der Waals surface area contributed by atoms with E-state index in [9.17, 15) is 4.79 Å². The number of carbonyl (C=O) groups is 1. The van der Waals surface area contributed by atoms with Crippen LogP contribution in [0.25, 0.3) is 11.5 Å². The lowest BCUT2D eigenvalue weighted by Crippen LogP contribution is -2.35. The van der Waals surface area contributed by atoms with Crippen LogP contribution in [-0.2, 0) is 11.3 Å². The van der Waals surface area contributed by atoms with Crippen molar-refractivity contribution < 1.29 is 4.79 Å². The topological polar surface area (TPSA) is 71.0 Å². The van der Waals surface area contributed by atoms with E-state index in [-0.39, 0.29) is 11.9 Å². The van der Waals surface area contributed by atoms with Gasteiger partial charge >= 0.3 is 0 Å². The van der Waals surface area contributed by atoms with Crippen molar-refractivity contribution in [3.8, 4) is 11.5 Å². The highest BCUT2D eigenvalue weighted by Crippen LogP contribution is 2.14. The van der Waals surface area contributed by atoms with E-state index in [1.807, 2.05) is 30.6 Å². The van der Waals surface area contributed by atoms with Crippen molar-refractivity contribution in [3.63, 3.8) is 0 Å². The molecule has 1 amide bonds. The number of rotatable bonds is 4. The number of hydrogen-bond acceptors (Lipinski definition) is 5. The zero-order valence-corrected chi connectivity index (χ0v) is 12.6. The molecule has 0 spiro atoms. The number of pyridine rings is 1. The highest BCUT2D eigenvalue weighted by atomic mass is 16.1. The maximum absolute atomic E-state index is 11.1. The Hall–Kier alpha value is -2.34. The number of carbonyl (C=O) groups excluding carboxylic acids is 1. The van der Waals surface area contributed by atoms with Crippen LogP contribution in [0.5, 0.6) is 0 Å². The Morgan fingerprint density at radius 1 is 1.32 bits per heavy atom. The number of hydrogen-bond donors (Lipinski definition) is 1. The Labute approximate surface area is 129 Å². The van der Waals surface area contributed by atoms with Crippen LogP contribution in [0.2, 0.25) is 0 Å². The summed E-state index contributed by atoms with van der Waals surface area (Å²) >= 11 is 0. The molecule has 0 bridgehead atoms. The van der Waals surface area contributed by atoms with E-state index in [2.05, 4.69) is 25.2 Å². The first kappa shape index (κ1) is 14.6. The second-order valence-corrected chi connectivity index (χ2v) is 5.55. The number of likely N-dealkylation sites (tertiary alicyclic amines) is 1. The average Bonchev–Trinajstić information content (AvgIpc) is 2.95. The third kappa shape index (κ3) is 3.65. The Morgan fingerprint density at radius 3 is 2.82 bits per heavy atom. The number of nitrogens with zero attached hydrogens (tertiary/aromatic N) is 4. The largest absolute Gasteiger partial charge is 0.352 e. The quantitative estimate of drug-likeness (QED) is 0.919. The first-order chi connectivity index (χ1) is 10.7. The fourth-order valence-electron chi connectivity index (χ4n) is 2.70. The lowest BCUT2D eigenvalue weighted by atomic mass is 10.2. The summed E-state index contributed by atoms with van der Waals surface area (Å²) in [6.07, 6.45) is 6.43. The summed E-state index contributed by atoms with van der Waals surface area (Å²) in [4.78, 5) is 26.4. The molecule has 22 heavy (non-hydrogen) atoms. The summed E-state index contributed by atoms with van der Waals surface area (Å²) in [5.41, 5.74) is 1.85. The zero-order chi connectivity index (χ0) is 15.4. The third-order valence-corrected chi connectivity index (χ3v) is 3.69. The van der Waals surface area contributed by atoms with Crippen molar-refractivity contribution in [1.29, 1.82) is 0 Å². The van der Waals surface area contributed by atoms with Gasteiger partial charge in [-0.2, -0.15) is 0 Å². The molecule has 0 aliphatic carbocycles. The van der Waals surface area contributed by atoms with Gasteiger partial charge in [0.25, 0.3) is 0 Å². The second-order valence-electron chi connectivity index (χ2n) is 5.55. The normalized spacial score (nSPS) is 18.3. The van der Waals surface area contributed by atoms with Crippen molar-refractivity contribution in [1.82, 2.24) is 25.2 Å². The molecule has 0 aromatic carbocycles. The first-order valence-corrected chi connectivity index (χ1v) is 7.42. The van der Waals surface area contributed by atoms with E-state index in [0.717, 1.165) is 37.3 Å². The van der Waals surface area contributed by atoms with E-state index in [4.69, 9.17) is 0 Å². The molecule has 0 saturated carbocycles.